The van der Waals surface area contributed by atoms with Crippen molar-refractivity contribution in [1.82, 2.24) is 5.16 Å². The topological polar surface area (TPSA) is 101 Å². The molecule has 3 aromatic rings. The molecule has 0 saturated heterocycles. The van der Waals surface area contributed by atoms with Gasteiger partial charge in [0.25, 0.3) is 0 Å². The highest BCUT2D eigenvalue weighted by Gasteiger charge is 2.14. The molecule has 1 heterocycles. The fourth-order valence-corrected chi connectivity index (χ4v) is 3.30. The minimum absolute atomic E-state index is 0.254. The van der Waals surface area contributed by atoms with Gasteiger partial charge in [0.15, 0.2) is 5.82 Å². The number of carbonyl (C=O) groups is 2. The number of anilines is 2. The van der Waals surface area contributed by atoms with Crippen LogP contribution >= 0.6 is 0 Å². The lowest BCUT2D eigenvalue weighted by atomic mass is 10.1. The minimum Gasteiger partial charge on any atom is -0.360 e. The molecule has 0 aliphatic heterocycles. The fraction of sp³-hybridized carbons (Fsp3) is 0.167. The number of nitrogens with one attached hydrogen (secondary N) is 2. The second kappa shape index (κ2) is 7.92. The summed E-state index contributed by atoms with van der Waals surface area (Å²) in [4.78, 5) is 24.0. The Bertz CT molecular complexity index is 978. The van der Waals surface area contributed by atoms with Gasteiger partial charge in [0.05, 0.1) is 0 Å². The zero-order chi connectivity index (χ0) is 18.5. The van der Waals surface area contributed by atoms with E-state index < -0.39 is 22.6 Å². The number of carbonyl (C=O) groups excluding carboxylic acids is 2. The number of hydrogen-bond donors (Lipinski definition) is 2. The third kappa shape index (κ3) is 4.54. The predicted molar refractivity (Wildman–Crippen MR) is 100 cm³/mol. The molecular formula is C18H17N3O4S. The van der Waals surface area contributed by atoms with Crippen LogP contribution in [0.1, 0.15) is 5.76 Å². The summed E-state index contributed by atoms with van der Waals surface area (Å²) in [6.45, 7) is 1.69. The highest BCUT2D eigenvalue weighted by atomic mass is 32.2. The Morgan fingerprint density at radius 3 is 2.46 bits per heavy atom. The second-order valence-corrected chi connectivity index (χ2v) is 7.13. The molecule has 26 heavy (non-hydrogen) atoms. The van der Waals surface area contributed by atoms with E-state index in [9.17, 15) is 13.8 Å². The van der Waals surface area contributed by atoms with E-state index in [1.54, 1.807) is 19.1 Å². The minimum atomic E-state index is -1.64. The van der Waals surface area contributed by atoms with Gasteiger partial charge in [0, 0.05) is 27.9 Å². The first kappa shape index (κ1) is 17.8. The molecule has 0 bridgehead atoms. The molecule has 1 atom stereocenters. The Balaban J connectivity index is 1.55. The molecule has 1 unspecified atom stereocenters. The van der Waals surface area contributed by atoms with Crippen molar-refractivity contribution in [1.29, 1.82) is 0 Å². The third-order valence-corrected chi connectivity index (χ3v) is 4.71. The number of rotatable bonds is 6. The van der Waals surface area contributed by atoms with Crippen molar-refractivity contribution in [2.75, 3.05) is 22.1 Å². The molecule has 0 radical (unpaired) electrons. The number of aryl methyl sites for hydroxylation is 1. The fourth-order valence-electron chi connectivity index (χ4n) is 2.47. The molecule has 1 aromatic heterocycles. The highest BCUT2D eigenvalue weighted by molar-refractivity contribution is 7.86. The highest BCUT2D eigenvalue weighted by Crippen LogP contribution is 2.22. The molecule has 0 saturated carbocycles. The average molecular weight is 371 g/mol. The zero-order valence-electron chi connectivity index (χ0n) is 14.0. The third-order valence-electron chi connectivity index (χ3n) is 3.54. The van der Waals surface area contributed by atoms with Gasteiger partial charge >= 0.3 is 0 Å². The molecule has 0 aliphatic carbocycles. The van der Waals surface area contributed by atoms with Crippen LogP contribution in [0.5, 0.6) is 0 Å². The van der Waals surface area contributed by atoms with Crippen LogP contribution in [0, 0.1) is 6.92 Å². The van der Waals surface area contributed by atoms with E-state index in [-0.39, 0.29) is 17.3 Å². The molecule has 0 aliphatic rings. The monoisotopic (exact) mass is 371 g/mol. The van der Waals surface area contributed by atoms with Crippen LogP contribution < -0.4 is 10.6 Å². The van der Waals surface area contributed by atoms with E-state index in [1.807, 2.05) is 36.4 Å². The van der Waals surface area contributed by atoms with Crippen molar-refractivity contribution in [3.63, 3.8) is 0 Å². The van der Waals surface area contributed by atoms with E-state index in [0.717, 1.165) is 10.8 Å². The maximum absolute atomic E-state index is 12.1. The summed E-state index contributed by atoms with van der Waals surface area (Å²) in [5.74, 6) is -0.663. The van der Waals surface area contributed by atoms with Gasteiger partial charge in [-0.2, -0.15) is 0 Å². The van der Waals surface area contributed by atoms with Gasteiger partial charge in [0.2, 0.25) is 11.8 Å². The maximum Gasteiger partial charge on any atom is 0.238 e. The standard InChI is InChI=1S/C18H17N3O4S/c1-12-9-16(21-25-12)20-18(23)11-26(24)10-17(22)19-15-8-4-6-13-5-2-3-7-14(13)15/h2-9H,10-11H2,1H3,(H,19,22)(H,20,21,23). The lowest BCUT2D eigenvalue weighted by Gasteiger charge is -2.08. The van der Waals surface area contributed by atoms with Crippen LogP contribution in [0.2, 0.25) is 0 Å². The Kier molecular flexibility index (Phi) is 5.43. The molecule has 8 heteroatoms. The van der Waals surface area contributed by atoms with Gasteiger partial charge in [-0.25, -0.2) is 0 Å². The molecule has 2 amide bonds. The van der Waals surface area contributed by atoms with E-state index in [1.165, 1.54) is 0 Å². The first-order valence-corrected chi connectivity index (χ1v) is 9.36. The summed E-state index contributed by atoms with van der Waals surface area (Å²) in [6, 6.07) is 14.7. The molecule has 134 valence electrons. The Morgan fingerprint density at radius 1 is 1.04 bits per heavy atom. The van der Waals surface area contributed by atoms with E-state index >= 15 is 0 Å². The van der Waals surface area contributed by atoms with E-state index in [0.29, 0.717) is 11.4 Å². The first-order chi connectivity index (χ1) is 12.5. The smallest absolute Gasteiger partial charge is 0.238 e. The van der Waals surface area contributed by atoms with Crippen LogP contribution in [0.25, 0.3) is 10.8 Å². The number of nitrogens with zero attached hydrogens (tertiary/aromatic N) is 1. The molecule has 0 spiro atoms. The van der Waals surface area contributed by atoms with Gasteiger partial charge in [-0.15, -0.1) is 0 Å². The Morgan fingerprint density at radius 2 is 1.73 bits per heavy atom. The van der Waals surface area contributed by atoms with Gasteiger partial charge < -0.3 is 15.2 Å². The predicted octanol–water partition coefficient (Wildman–Crippen LogP) is 2.46. The molecule has 2 aromatic carbocycles. The summed E-state index contributed by atoms with van der Waals surface area (Å²) < 4.78 is 16.9. The summed E-state index contributed by atoms with van der Waals surface area (Å²) in [5.41, 5.74) is 0.646. The summed E-state index contributed by atoms with van der Waals surface area (Å²) in [5, 5.41) is 10.7. The van der Waals surface area contributed by atoms with Crippen LogP contribution in [0.4, 0.5) is 11.5 Å². The number of fused-ring (bicyclic) bond motifs is 1. The number of hydrogen-bond acceptors (Lipinski definition) is 5. The van der Waals surface area contributed by atoms with Gasteiger partial charge in [-0.3, -0.25) is 13.8 Å². The largest absolute Gasteiger partial charge is 0.360 e. The van der Waals surface area contributed by atoms with Crippen molar-refractivity contribution in [2.24, 2.45) is 0 Å². The normalized spacial score (nSPS) is 11.9. The van der Waals surface area contributed by atoms with Crippen LogP contribution in [0.3, 0.4) is 0 Å². The van der Waals surface area contributed by atoms with Crippen LogP contribution in [0.15, 0.2) is 53.1 Å². The lowest BCUT2D eigenvalue weighted by Crippen LogP contribution is -2.26. The SMILES string of the molecule is Cc1cc(NC(=O)CS(=O)CC(=O)Nc2cccc3ccccc23)no1. The lowest BCUT2D eigenvalue weighted by molar-refractivity contribution is -0.114. The Hall–Kier alpha value is -3.00. The van der Waals surface area contributed by atoms with Crippen molar-refractivity contribution in [3.05, 3.63) is 54.3 Å². The molecule has 0 fully saturated rings. The number of aromatic nitrogens is 1. The summed E-state index contributed by atoms with van der Waals surface area (Å²) in [7, 11) is -1.64. The van der Waals surface area contributed by atoms with Crippen LogP contribution in [-0.4, -0.2) is 32.7 Å². The quantitative estimate of drug-likeness (QED) is 0.693. The number of benzene rings is 2. The molecule has 7 nitrogen and oxygen atoms in total. The second-order valence-electron chi connectivity index (χ2n) is 5.67. The Labute approximate surface area is 152 Å². The van der Waals surface area contributed by atoms with Crippen LogP contribution in [-0.2, 0) is 20.4 Å². The zero-order valence-corrected chi connectivity index (χ0v) is 14.8. The summed E-state index contributed by atoms with van der Waals surface area (Å²) >= 11 is 0. The molecule has 3 rings (SSSR count). The number of amides is 2. The van der Waals surface area contributed by atoms with E-state index in [4.69, 9.17) is 4.52 Å². The van der Waals surface area contributed by atoms with Gasteiger partial charge in [0.1, 0.15) is 17.3 Å². The van der Waals surface area contributed by atoms with Crippen molar-refractivity contribution in [2.45, 2.75) is 6.92 Å². The van der Waals surface area contributed by atoms with Crippen molar-refractivity contribution >= 4 is 44.9 Å². The maximum atomic E-state index is 12.1. The van der Waals surface area contributed by atoms with E-state index in [2.05, 4.69) is 15.8 Å². The van der Waals surface area contributed by atoms with Crippen molar-refractivity contribution < 1.29 is 18.3 Å². The summed E-state index contributed by atoms with van der Waals surface area (Å²) in [6.07, 6.45) is 0. The first-order valence-electron chi connectivity index (χ1n) is 7.87. The molecular weight excluding hydrogens is 354 g/mol. The van der Waals surface area contributed by atoms with Gasteiger partial charge in [-0.05, 0) is 18.4 Å². The van der Waals surface area contributed by atoms with Gasteiger partial charge in [-0.1, -0.05) is 41.6 Å². The van der Waals surface area contributed by atoms with Crippen molar-refractivity contribution in [3.8, 4) is 0 Å². The molecule has 2 N–H and O–H groups in total. The average Bonchev–Trinajstić information content (AvgIpc) is 2.99.